The number of nitrogens with one attached hydrogen (secondary N) is 2. The zero-order valence-corrected chi connectivity index (χ0v) is 16.8. The van der Waals surface area contributed by atoms with E-state index in [4.69, 9.17) is 0 Å². The van der Waals surface area contributed by atoms with Gasteiger partial charge < -0.3 is 0 Å². The average molecular weight is 416 g/mol. The van der Waals surface area contributed by atoms with E-state index < -0.39 is 5.91 Å². The summed E-state index contributed by atoms with van der Waals surface area (Å²) >= 11 is 2.76. The lowest BCUT2D eigenvalue weighted by Crippen LogP contribution is -2.41. The molecule has 0 saturated heterocycles. The van der Waals surface area contributed by atoms with Crippen molar-refractivity contribution in [2.45, 2.75) is 32.6 Å². The van der Waals surface area contributed by atoms with Gasteiger partial charge in [-0.25, -0.2) is 9.37 Å². The Labute approximate surface area is 169 Å². The number of nitrogens with zero attached hydrogens (tertiary/aromatic N) is 1. The number of hydrazine groups is 1. The summed E-state index contributed by atoms with van der Waals surface area (Å²) in [6.45, 7) is 1.76. The Kier molecular flexibility index (Phi) is 5.23. The summed E-state index contributed by atoms with van der Waals surface area (Å²) in [5.41, 5.74) is 7.72. The van der Waals surface area contributed by atoms with Crippen molar-refractivity contribution in [1.29, 1.82) is 0 Å². The predicted octanol–water partition coefficient (Wildman–Crippen LogP) is 3.81. The van der Waals surface area contributed by atoms with Gasteiger partial charge in [-0.2, -0.15) is 0 Å². The fourth-order valence-electron chi connectivity index (χ4n) is 3.19. The zero-order chi connectivity index (χ0) is 19.7. The molecule has 4 rings (SSSR count). The van der Waals surface area contributed by atoms with Crippen LogP contribution in [0.3, 0.4) is 0 Å². The molecule has 3 aromatic rings. The van der Waals surface area contributed by atoms with Crippen LogP contribution < -0.4 is 10.9 Å². The van der Waals surface area contributed by atoms with Gasteiger partial charge in [0, 0.05) is 11.3 Å². The summed E-state index contributed by atoms with van der Waals surface area (Å²) in [6.07, 6.45) is 3.70. The Morgan fingerprint density at radius 1 is 1.11 bits per heavy atom. The van der Waals surface area contributed by atoms with Gasteiger partial charge in [-0.1, -0.05) is 12.1 Å². The number of benzene rings is 1. The van der Waals surface area contributed by atoms with Crippen LogP contribution in [0.2, 0.25) is 0 Å². The van der Waals surface area contributed by atoms with E-state index in [2.05, 4.69) is 15.8 Å². The SMILES string of the molecule is Cc1nc(Cc2ccc(F)cc2)sc1C(=O)NNC(=O)c1cc2c(s1)CCC2. The molecule has 5 nitrogen and oxygen atoms in total. The van der Waals surface area contributed by atoms with Crippen LogP contribution in [0.1, 0.15) is 52.5 Å². The fourth-order valence-corrected chi connectivity index (χ4v) is 5.33. The van der Waals surface area contributed by atoms with E-state index in [-0.39, 0.29) is 11.7 Å². The minimum absolute atomic E-state index is 0.286. The first-order valence-electron chi connectivity index (χ1n) is 8.92. The molecular formula is C20H18FN3O2S2. The second-order valence-electron chi connectivity index (χ2n) is 6.65. The first-order chi connectivity index (χ1) is 13.5. The number of hydrogen-bond acceptors (Lipinski definition) is 5. The van der Waals surface area contributed by atoms with Crippen molar-refractivity contribution in [3.63, 3.8) is 0 Å². The third-order valence-corrected chi connectivity index (χ3v) is 6.97. The number of thiophene rings is 1. The molecule has 0 spiro atoms. The van der Waals surface area contributed by atoms with Crippen molar-refractivity contribution in [2.75, 3.05) is 0 Å². The molecule has 0 unspecified atom stereocenters. The number of thiazole rings is 1. The number of carbonyl (C=O) groups is 2. The summed E-state index contributed by atoms with van der Waals surface area (Å²) < 4.78 is 13.0. The summed E-state index contributed by atoms with van der Waals surface area (Å²) in [4.78, 5) is 31.5. The standard InChI is InChI=1S/C20H18FN3O2S2/c1-11-18(28-17(22-11)9-12-5-7-14(21)8-6-12)20(26)24-23-19(25)16-10-13-3-2-4-15(13)27-16/h5-8,10H,2-4,9H2,1H3,(H,23,25)(H,24,26). The van der Waals surface area contributed by atoms with Crippen molar-refractivity contribution in [3.8, 4) is 0 Å². The molecular weight excluding hydrogens is 397 g/mol. The molecule has 8 heteroatoms. The molecule has 2 amide bonds. The van der Waals surface area contributed by atoms with E-state index in [1.807, 2.05) is 6.07 Å². The summed E-state index contributed by atoms with van der Waals surface area (Å²) in [5.74, 6) is -0.981. The molecule has 2 aromatic heterocycles. The van der Waals surface area contributed by atoms with E-state index >= 15 is 0 Å². The Morgan fingerprint density at radius 3 is 2.61 bits per heavy atom. The summed E-state index contributed by atoms with van der Waals surface area (Å²) in [7, 11) is 0. The number of hydrogen-bond donors (Lipinski definition) is 2. The molecule has 0 radical (unpaired) electrons. The van der Waals surface area contributed by atoms with Gasteiger partial charge in [0.1, 0.15) is 10.7 Å². The highest BCUT2D eigenvalue weighted by Gasteiger charge is 2.20. The van der Waals surface area contributed by atoms with Gasteiger partial charge in [-0.3, -0.25) is 20.4 Å². The lowest BCUT2D eigenvalue weighted by molar-refractivity contribution is 0.0850. The first-order valence-corrected chi connectivity index (χ1v) is 10.6. The van der Waals surface area contributed by atoms with Gasteiger partial charge in [-0.15, -0.1) is 22.7 Å². The van der Waals surface area contributed by atoms with Crippen LogP contribution in [0, 0.1) is 12.7 Å². The summed E-state index contributed by atoms with van der Waals surface area (Å²) in [6, 6.07) is 8.11. The highest BCUT2D eigenvalue weighted by molar-refractivity contribution is 7.14. The van der Waals surface area contributed by atoms with E-state index in [1.165, 1.54) is 45.2 Å². The minimum atomic E-state index is -0.391. The van der Waals surface area contributed by atoms with E-state index in [0.717, 1.165) is 29.8 Å². The molecule has 1 aliphatic carbocycles. The van der Waals surface area contributed by atoms with Crippen molar-refractivity contribution < 1.29 is 14.0 Å². The number of amides is 2. The molecule has 28 heavy (non-hydrogen) atoms. The first kappa shape index (κ1) is 18.8. The molecule has 0 saturated carbocycles. The van der Waals surface area contributed by atoms with Gasteiger partial charge in [0.05, 0.1) is 15.6 Å². The smallest absolute Gasteiger partial charge is 0.266 e. The van der Waals surface area contributed by atoms with Crippen molar-refractivity contribution in [3.05, 3.63) is 72.6 Å². The maximum Gasteiger partial charge on any atom is 0.281 e. The summed E-state index contributed by atoms with van der Waals surface area (Å²) in [5, 5.41) is 0.760. The van der Waals surface area contributed by atoms with Crippen LogP contribution in [-0.4, -0.2) is 16.8 Å². The number of carbonyl (C=O) groups excluding carboxylic acids is 2. The monoisotopic (exact) mass is 415 g/mol. The molecule has 1 aliphatic rings. The maximum absolute atomic E-state index is 13.0. The highest BCUT2D eigenvalue weighted by atomic mass is 32.1. The molecule has 144 valence electrons. The molecule has 0 bridgehead atoms. The second kappa shape index (κ2) is 7.81. The number of fused-ring (bicyclic) bond motifs is 1. The molecule has 2 N–H and O–H groups in total. The van der Waals surface area contributed by atoms with Crippen LogP contribution in [-0.2, 0) is 19.3 Å². The van der Waals surface area contributed by atoms with Crippen molar-refractivity contribution in [1.82, 2.24) is 15.8 Å². The van der Waals surface area contributed by atoms with Crippen LogP contribution in [0.4, 0.5) is 4.39 Å². The van der Waals surface area contributed by atoms with Gasteiger partial charge in [-0.05, 0) is 55.5 Å². The van der Waals surface area contributed by atoms with Gasteiger partial charge in [0.2, 0.25) is 0 Å². The number of aromatic nitrogens is 1. The van der Waals surface area contributed by atoms with E-state index in [9.17, 15) is 14.0 Å². The number of rotatable bonds is 4. The molecule has 1 aromatic carbocycles. The normalized spacial score (nSPS) is 12.6. The Balaban J connectivity index is 1.38. The van der Waals surface area contributed by atoms with Gasteiger partial charge in [0.25, 0.3) is 11.8 Å². The Morgan fingerprint density at radius 2 is 1.86 bits per heavy atom. The van der Waals surface area contributed by atoms with Crippen LogP contribution in [0.15, 0.2) is 30.3 Å². The van der Waals surface area contributed by atoms with E-state index in [1.54, 1.807) is 19.1 Å². The lowest BCUT2D eigenvalue weighted by atomic mass is 10.1. The van der Waals surface area contributed by atoms with Gasteiger partial charge in [0.15, 0.2) is 0 Å². The van der Waals surface area contributed by atoms with Crippen LogP contribution >= 0.6 is 22.7 Å². The zero-order valence-electron chi connectivity index (χ0n) is 15.2. The molecule has 0 aliphatic heterocycles. The average Bonchev–Trinajstić information content (AvgIpc) is 3.36. The Hall–Kier alpha value is -2.58. The second-order valence-corrected chi connectivity index (χ2v) is 8.87. The molecule has 0 fully saturated rings. The quantitative estimate of drug-likeness (QED) is 0.637. The fraction of sp³-hybridized carbons (Fsp3) is 0.250. The minimum Gasteiger partial charge on any atom is -0.266 e. The molecule has 2 heterocycles. The van der Waals surface area contributed by atoms with Crippen molar-refractivity contribution in [2.24, 2.45) is 0 Å². The third-order valence-electron chi connectivity index (χ3n) is 4.58. The van der Waals surface area contributed by atoms with Crippen molar-refractivity contribution >= 4 is 34.5 Å². The number of aryl methyl sites for hydroxylation is 3. The predicted molar refractivity (Wildman–Crippen MR) is 107 cm³/mol. The largest absolute Gasteiger partial charge is 0.281 e. The maximum atomic E-state index is 13.0. The van der Waals surface area contributed by atoms with E-state index in [0.29, 0.717) is 21.9 Å². The van der Waals surface area contributed by atoms with Gasteiger partial charge >= 0.3 is 0 Å². The van der Waals surface area contributed by atoms with Crippen LogP contribution in [0.5, 0.6) is 0 Å². The highest BCUT2D eigenvalue weighted by Crippen LogP contribution is 2.30. The lowest BCUT2D eigenvalue weighted by Gasteiger charge is -2.05. The third kappa shape index (κ3) is 3.98. The Bertz CT molecular complexity index is 1020. The molecule has 0 atom stereocenters. The number of halogens is 1. The topological polar surface area (TPSA) is 71.1 Å². The van der Waals surface area contributed by atoms with Crippen LogP contribution in [0.25, 0.3) is 0 Å².